The van der Waals surface area contributed by atoms with Crippen molar-refractivity contribution in [3.63, 3.8) is 0 Å². The summed E-state index contributed by atoms with van der Waals surface area (Å²) in [6.45, 7) is 10.7. The lowest BCUT2D eigenvalue weighted by molar-refractivity contribution is -0.117. The molecule has 164 valence electrons. The van der Waals surface area contributed by atoms with Crippen LogP contribution in [0.4, 0.5) is 5.69 Å². The Morgan fingerprint density at radius 3 is 2.55 bits per heavy atom. The van der Waals surface area contributed by atoms with Gasteiger partial charge in [-0.25, -0.2) is 4.98 Å². The van der Waals surface area contributed by atoms with Crippen molar-refractivity contribution in [3.05, 3.63) is 53.1 Å². The number of benzene rings is 2. The summed E-state index contributed by atoms with van der Waals surface area (Å²) in [6, 6.07) is 14.7. The molecule has 3 aromatic rings. The molecular weight excluding hydrogens is 428 g/mol. The van der Waals surface area contributed by atoms with Crippen LogP contribution in [-0.2, 0) is 11.3 Å². The number of imidazole rings is 1. The van der Waals surface area contributed by atoms with Gasteiger partial charge in [0.25, 0.3) is 0 Å². The lowest BCUT2D eigenvalue weighted by Crippen LogP contribution is -2.46. The average molecular weight is 457 g/mol. The van der Waals surface area contributed by atoms with Gasteiger partial charge in [-0.15, -0.1) is 0 Å². The van der Waals surface area contributed by atoms with Crippen molar-refractivity contribution >= 4 is 45.9 Å². The van der Waals surface area contributed by atoms with E-state index in [1.807, 2.05) is 6.07 Å². The minimum absolute atomic E-state index is 0.186. The zero-order valence-electron chi connectivity index (χ0n) is 18.3. The van der Waals surface area contributed by atoms with Crippen molar-refractivity contribution in [1.29, 1.82) is 0 Å². The lowest BCUT2D eigenvalue weighted by Gasteiger charge is -2.36. The van der Waals surface area contributed by atoms with E-state index in [1.54, 1.807) is 18.7 Å². The summed E-state index contributed by atoms with van der Waals surface area (Å²) in [5.74, 6) is 0.186. The Morgan fingerprint density at radius 2 is 1.87 bits per heavy atom. The molecule has 1 fully saturated rings. The number of nitrogens with one attached hydrogen (secondary N) is 1. The Kier molecular flexibility index (Phi) is 6.60. The minimum atomic E-state index is -0.207. The molecule has 1 aromatic heterocycles. The van der Waals surface area contributed by atoms with Crippen molar-refractivity contribution in [3.8, 4) is 0 Å². The normalized spacial score (nSPS) is 15.5. The van der Waals surface area contributed by atoms with E-state index in [0.717, 1.165) is 59.6 Å². The molecule has 0 unspecified atom stereocenters. The van der Waals surface area contributed by atoms with Gasteiger partial charge in [-0.1, -0.05) is 53.7 Å². The Balaban J connectivity index is 1.45. The van der Waals surface area contributed by atoms with Gasteiger partial charge in [-0.3, -0.25) is 9.69 Å². The van der Waals surface area contributed by atoms with Crippen LogP contribution in [0.2, 0.25) is 5.02 Å². The topological polar surface area (TPSA) is 52.2 Å². The molecule has 0 aliphatic carbocycles. The fraction of sp³-hybridized carbons (Fsp3) is 0.417. The second-order valence-electron chi connectivity index (χ2n) is 8.85. The molecule has 0 spiro atoms. The smallest absolute Gasteiger partial charge is 0.166 e. The van der Waals surface area contributed by atoms with Crippen LogP contribution in [0.3, 0.4) is 0 Å². The summed E-state index contributed by atoms with van der Waals surface area (Å²) < 4.78 is -0.207. The predicted molar refractivity (Wildman–Crippen MR) is 130 cm³/mol. The summed E-state index contributed by atoms with van der Waals surface area (Å²) in [7, 11) is 0. The first-order valence-corrected chi connectivity index (χ1v) is 11.9. The van der Waals surface area contributed by atoms with E-state index in [9.17, 15) is 4.79 Å². The van der Waals surface area contributed by atoms with E-state index in [2.05, 4.69) is 65.0 Å². The van der Waals surface area contributed by atoms with Gasteiger partial charge >= 0.3 is 0 Å². The molecule has 0 bridgehead atoms. The molecule has 5 nitrogen and oxygen atoms in total. The molecule has 0 atom stereocenters. The second kappa shape index (κ2) is 9.23. The van der Waals surface area contributed by atoms with Crippen molar-refractivity contribution in [2.45, 2.75) is 43.6 Å². The number of hydrogen-bond donors (Lipinski definition) is 1. The first kappa shape index (κ1) is 22.2. The monoisotopic (exact) mass is 456 g/mol. The molecule has 0 radical (unpaired) electrons. The molecule has 4 rings (SSSR count). The van der Waals surface area contributed by atoms with Gasteiger partial charge in [0, 0.05) is 43.9 Å². The molecule has 1 N–H and O–H groups in total. The number of Topliss-reactive ketones (excluding diaryl/α,β-unsaturated/α-hetero) is 1. The molecule has 31 heavy (non-hydrogen) atoms. The highest BCUT2D eigenvalue weighted by molar-refractivity contribution is 8.00. The van der Waals surface area contributed by atoms with Crippen molar-refractivity contribution in [2.75, 3.05) is 31.1 Å². The third kappa shape index (κ3) is 5.62. The maximum Gasteiger partial charge on any atom is 0.166 e. The van der Waals surface area contributed by atoms with Crippen LogP contribution in [0.1, 0.15) is 32.8 Å². The van der Waals surface area contributed by atoms with E-state index >= 15 is 0 Å². The van der Waals surface area contributed by atoms with E-state index < -0.39 is 0 Å². The van der Waals surface area contributed by atoms with E-state index in [0.29, 0.717) is 6.42 Å². The number of carbonyl (C=O) groups is 1. The Labute approximate surface area is 193 Å². The Morgan fingerprint density at radius 1 is 1.16 bits per heavy atom. The third-order valence-electron chi connectivity index (χ3n) is 5.54. The zero-order valence-corrected chi connectivity index (χ0v) is 19.9. The van der Waals surface area contributed by atoms with E-state index in [-0.39, 0.29) is 10.5 Å². The number of thioether (sulfide) groups is 1. The van der Waals surface area contributed by atoms with Gasteiger partial charge in [0.1, 0.15) is 5.78 Å². The minimum Gasteiger partial charge on any atom is -0.368 e. The van der Waals surface area contributed by atoms with Gasteiger partial charge in [0.15, 0.2) is 5.16 Å². The number of halogens is 1. The number of H-pyrrole nitrogens is 1. The first-order chi connectivity index (χ1) is 14.8. The molecule has 2 heterocycles. The fourth-order valence-corrected chi connectivity index (χ4v) is 5.55. The van der Waals surface area contributed by atoms with Crippen molar-refractivity contribution in [2.24, 2.45) is 0 Å². The van der Waals surface area contributed by atoms with Gasteiger partial charge in [0.2, 0.25) is 0 Å². The highest BCUT2D eigenvalue weighted by Crippen LogP contribution is 2.37. The molecule has 7 heteroatoms. The molecule has 1 aliphatic rings. The highest BCUT2D eigenvalue weighted by Gasteiger charge is 2.24. The molecule has 2 aromatic carbocycles. The SMILES string of the molecule is CC(=O)CC(C)(C)Sc1nc2cc(Cl)c(N3CCN(Cc4ccccc4)CC3)cc2[nH]1. The van der Waals surface area contributed by atoms with Gasteiger partial charge in [0.05, 0.1) is 21.7 Å². The number of rotatable bonds is 7. The maximum absolute atomic E-state index is 11.5. The van der Waals surface area contributed by atoms with Crippen LogP contribution < -0.4 is 4.90 Å². The summed E-state index contributed by atoms with van der Waals surface area (Å²) in [6.07, 6.45) is 0.508. The standard InChI is InChI=1S/C24H29ClN4OS/c1-17(30)15-24(2,3)31-23-26-20-13-19(25)22(14-21(20)27-23)29-11-9-28(10-12-29)16-18-7-5-4-6-8-18/h4-8,13-14H,9-12,15-16H2,1-3H3,(H,26,27). The van der Waals surface area contributed by atoms with Crippen LogP contribution in [0.5, 0.6) is 0 Å². The fourth-order valence-electron chi connectivity index (χ4n) is 4.17. The molecule has 0 saturated carbocycles. The Bertz CT molecular complexity index is 1060. The largest absolute Gasteiger partial charge is 0.368 e. The molecule has 1 saturated heterocycles. The summed E-state index contributed by atoms with van der Waals surface area (Å²) in [5.41, 5.74) is 4.24. The average Bonchev–Trinajstić information content (AvgIpc) is 3.08. The summed E-state index contributed by atoms with van der Waals surface area (Å²) in [4.78, 5) is 24.5. The van der Waals surface area contributed by atoms with Crippen molar-refractivity contribution < 1.29 is 4.79 Å². The van der Waals surface area contributed by atoms with E-state index in [4.69, 9.17) is 16.6 Å². The lowest BCUT2D eigenvalue weighted by atomic mass is 10.1. The van der Waals surface area contributed by atoms with Gasteiger partial charge in [-0.05, 0) is 38.5 Å². The van der Waals surface area contributed by atoms with Gasteiger partial charge < -0.3 is 9.88 Å². The number of anilines is 1. The van der Waals surface area contributed by atoms with Crippen LogP contribution in [0, 0.1) is 0 Å². The number of fused-ring (bicyclic) bond motifs is 1. The Hall–Kier alpha value is -2.02. The number of aromatic nitrogens is 2. The maximum atomic E-state index is 11.5. The van der Waals surface area contributed by atoms with Crippen LogP contribution >= 0.6 is 23.4 Å². The van der Waals surface area contributed by atoms with Gasteiger partial charge in [-0.2, -0.15) is 0 Å². The highest BCUT2D eigenvalue weighted by atomic mass is 35.5. The zero-order chi connectivity index (χ0) is 22.0. The number of piperazine rings is 1. The number of ketones is 1. The number of nitrogens with zero attached hydrogens (tertiary/aromatic N) is 3. The number of hydrogen-bond acceptors (Lipinski definition) is 5. The number of aromatic amines is 1. The molecule has 0 amide bonds. The quantitative estimate of drug-likeness (QED) is 0.483. The predicted octanol–water partition coefficient (Wildman–Crippen LogP) is 5.39. The summed E-state index contributed by atoms with van der Waals surface area (Å²) in [5, 5.41) is 1.55. The third-order valence-corrected chi connectivity index (χ3v) is 6.92. The van der Waals surface area contributed by atoms with E-state index in [1.165, 1.54) is 5.56 Å². The van der Waals surface area contributed by atoms with Crippen LogP contribution in [-0.4, -0.2) is 51.6 Å². The second-order valence-corrected chi connectivity index (χ2v) is 11.0. The summed E-state index contributed by atoms with van der Waals surface area (Å²) >= 11 is 8.25. The van der Waals surface area contributed by atoms with Crippen molar-refractivity contribution in [1.82, 2.24) is 14.9 Å². The molecule has 1 aliphatic heterocycles. The molecular formula is C24H29ClN4OS. The first-order valence-electron chi connectivity index (χ1n) is 10.7. The van der Waals surface area contributed by atoms with Crippen LogP contribution in [0.25, 0.3) is 11.0 Å². The number of carbonyl (C=O) groups excluding carboxylic acids is 1. The van der Waals surface area contributed by atoms with Crippen LogP contribution in [0.15, 0.2) is 47.6 Å².